The lowest BCUT2D eigenvalue weighted by molar-refractivity contribution is 0.536. The quantitative estimate of drug-likeness (QED) is 0.687. The zero-order valence-corrected chi connectivity index (χ0v) is 11.5. The highest BCUT2D eigenvalue weighted by molar-refractivity contribution is 5.46. The van der Waals surface area contributed by atoms with E-state index in [0.29, 0.717) is 0 Å². The number of unbranched alkanes of at least 4 members (excludes halogenated alkanes) is 1. The first-order chi connectivity index (χ1) is 8.13. The van der Waals surface area contributed by atoms with E-state index in [1.165, 1.54) is 19.3 Å². The van der Waals surface area contributed by atoms with E-state index in [2.05, 4.69) is 23.8 Å². The molecule has 0 saturated carbocycles. The van der Waals surface area contributed by atoms with Crippen LogP contribution in [0.25, 0.3) is 6.08 Å². The molecule has 1 aromatic heterocycles. The molecule has 0 saturated heterocycles. The van der Waals surface area contributed by atoms with Gasteiger partial charge in [0.25, 0.3) is 0 Å². The van der Waals surface area contributed by atoms with Gasteiger partial charge in [-0.15, -0.1) is 0 Å². The van der Waals surface area contributed by atoms with E-state index in [9.17, 15) is 0 Å². The van der Waals surface area contributed by atoms with Gasteiger partial charge in [-0.05, 0) is 38.7 Å². The zero-order chi connectivity index (χ0) is 12.7. The Morgan fingerprint density at radius 2 is 2.06 bits per heavy atom. The minimum Gasteiger partial charge on any atom is -0.254 e. The number of aromatic nitrogens is 2. The molecule has 1 aromatic rings. The lowest BCUT2D eigenvalue weighted by Crippen LogP contribution is -2.00. The van der Waals surface area contributed by atoms with Crippen LogP contribution in [0.3, 0.4) is 0 Å². The number of hydrogen-bond acceptors (Lipinski definition) is 2. The minimum absolute atomic E-state index is 0.800. The average molecular weight is 232 g/mol. The Hall–Kier alpha value is -1.18. The first-order valence-electron chi connectivity index (χ1n) is 6.58. The van der Waals surface area contributed by atoms with Crippen LogP contribution in [0.1, 0.15) is 57.1 Å². The summed E-state index contributed by atoms with van der Waals surface area (Å²) in [7, 11) is 0. The van der Waals surface area contributed by atoms with Gasteiger partial charge in [0.2, 0.25) is 0 Å². The number of rotatable bonds is 6. The highest BCUT2D eigenvalue weighted by Gasteiger charge is 2.04. The third-order valence-electron chi connectivity index (χ3n) is 2.77. The van der Waals surface area contributed by atoms with Crippen LogP contribution in [0.5, 0.6) is 0 Å². The van der Waals surface area contributed by atoms with Crippen molar-refractivity contribution in [2.75, 3.05) is 0 Å². The van der Waals surface area contributed by atoms with Crippen LogP contribution in [0.4, 0.5) is 0 Å². The largest absolute Gasteiger partial charge is 0.254 e. The lowest BCUT2D eigenvalue weighted by Gasteiger charge is -2.07. The molecule has 0 atom stereocenters. The molecule has 0 amide bonds. The first kappa shape index (κ1) is 13.9. The minimum atomic E-state index is 0.800. The summed E-state index contributed by atoms with van der Waals surface area (Å²) in [4.78, 5) is 9.03. The normalized spacial score (nSPS) is 11.6. The molecule has 0 radical (unpaired) electrons. The smallest absolute Gasteiger partial charge is 0.0841 e. The van der Waals surface area contributed by atoms with Gasteiger partial charge in [-0.3, -0.25) is 9.97 Å². The third kappa shape index (κ3) is 5.12. The Bertz CT molecular complexity index is 367. The van der Waals surface area contributed by atoms with Crippen molar-refractivity contribution in [1.29, 1.82) is 0 Å². The number of hydrogen-bond donors (Lipinski definition) is 0. The van der Waals surface area contributed by atoms with Gasteiger partial charge in [0.1, 0.15) is 0 Å². The Morgan fingerprint density at radius 3 is 2.71 bits per heavy atom. The van der Waals surface area contributed by atoms with Crippen molar-refractivity contribution < 1.29 is 0 Å². The second-order valence-corrected chi connectivity index (χ2v) is 4.98. The second kappa shape index (κ2) is 7.21. The molecule has 0 spiro atoms. The molecular formula is C15H24N2. The molecule has 0 unspecified atom stereocenters. The van der Waals surface area contributed by atoms with Crippen molar-refractivity contribution in [3.63, 3.8) is 0 Å². The van der Waals surface area contributed by atoms with Gasteiger partial charge < -0.3 is 0 Å². The van der Waals surface area contributed by atoms with Gasteiger partial charge in [-0.25, -0.2) is 0 Å². The summed E-state index contributed by atoms with van der Waals surface area (Å²) < 4.78 is 0. The molecular weight excluding hydrogens is 208 g/mol. The van der Waals surface area contributed by atoms with E-state index < -0.39 is 0 Å². The van der Waals surface area contributed by atoms with Gasteiger partial charge in [0, 0.05) is 6.20 Å². The summed E-state index contributed by atoms with van der Waals surface area (Å²) in [6, 6.07) is 0. The zero-order valence-electron chi connectivity index (χ0n) is 11.5. The second-order valence-electron chi connectivity index (χ2n) is 4.98. The average Bonchev–Trinajstić information content (AvgIpc) is 2.28. The van der Waals surface area contributed by atoms with Crippen molar-refractivity contribution in [3.8, 4) is 0 Å². The Morgan fingerprint density at radius 1 is 1.29 bits per heavy atom. The monoisotopic (exact) mass is 232 g/mol. The highest BCUT2D eigenvalue weighted by atomic mass is 14.8. The van der Waals surface area contributed by atoms with Crippen LogP contribution in [0, 0.1) is 12.8 Å². The molecule has 0 fully saturated rings. The van der Waals surface area contributed by atoms with Gasteiger partial charge in [0.15, 0.2) is 0 Å². The fourth-order valence-corrected chi connectivity index (χ4v) is 1.86. The van der Waals surface area contributed by atoms with Crippen LogP contribution in [0.15, 0.2) is 12.3 Å². The predicted molar refractivity (Wildman–Crippen MR) is 73.9 cm³/mol. The van der Waals surface area contributed by atoms with E-state index >= 15 is 0 Å². The molecule has 0 aliphatic rings. The Kier molecular flexibility index (Phi) is 5.88. The first-order valence-corrected chi connectivity index (χ1v) is 6.58. The Labute approximate surface area is 105 Å². The van der Waals surface area contributed by atoms with E-state index in [0.717, 1.165) is 29.4 Å². The van der Waals surface area contributed by atoms with Gasteiger partial charge in [-0.2, -0.15) is 0 Å². The standard InChI is InChI=1S/C15H24N2/c1-5-8-14-15(17-13(4)11-16-14)10-7-6-9-12(2)3/h5,8,11-12H,6-7,9-10H2,1-4H3/b8-5-. The van der Waals surface area contributed by atoms with Crippen LogP contribution in [-0.2, 0) is 6.42 Å². The topological polar surface area (TPSA) is 25.8 Å². The molecule has 0 N–H and O–H groups in total. The van der Waals surface area contributed by atoms with Crippen LogP contribution in [0.2, 0.25) is 0 Å². The molecule has 94 valence electrons. The maximum Gasteiger partial charge on any atom is 0.0841 e. The fourth-order valence-electron chi connectivity index (χ4n) is 1.86. The summed E-state index contributed by atoms with van der Waals surface area (Å²) in [5.74, 6) is 0.800. The van der Waals surface area contributed by atoms with Crippen molar-refractivity contribution >= 4 is 6.08 Å². The van der Waals surface area contributed by atoms with Crippen molar-refractivity contribution in [2.45, 2.75) is 53.4 Å². The molecule has 0 aliphatic heterocycles. The maximum absolute atomic E-state index is 4.59. The van der Waals surface area contributed by atoms with Crippen molar-refractivity contribution in [3.05, 3.63) is 29.4 Å². The Balaban J connectivity index is 2.59. The van der Waals surface area contributed by atoms with E-state index in [1.54, 1.807) is 0 Å². The fraction of sp³-hybridized carbons (Fsp3) is 0.600. The molecule has 1 rings (SSSR count). The van der Waals surface area contributed by atoms with Gasteiger partial charge >= 0.3 is 0 Å². The summed E-state index contributed by atoms with van der Waals surface area (Å²) in [6.45, 7) is 8.57. The molecule has 1 heterocycles. The molecule has 0 aliphatic carbocycles. The van der Waals surface area contributed by atoms with Crippen LogP contribution < -0.4 is 0 Å². The van der Waals surface area contributed by atoms with Crippen molar-refractivity contribution in [2.24, 2.45) is 5.92 Å². The number of aryl methyl sites for hydroxylation is 2. The summed E-state index contributed by atoms with van der Waals surface area (Å²) in [6.07, 6.45) is 10.7. The molecule has 2 heteroatoms. The van der Waals surface area contributed by atoms with Crippen molar-refractivity contribution in [1.82, 2.24) is 9.97 Å². The van der Waals surface area contributed by atoms with E-state index in [-0.39, 0.29) is 0 Å². The number of allylic oxidation sites excluding steroid dienone is 1. The molecule has 0 aromatic carbocycles. The summed E-state index contributed by atoms with van der Waals surface area (Å²) in [5.41, 5.74) is 3.19. The molecule has 2 nitrogen and oxygen atoms in total. The SMILES string of the molecule is C/C=C\c1ncc(C)nc1CCCCC(C)C. The number of nitrogens with zero attached hydrogens (tertiary/aromatic N) is 2. The summed E-state index contributed by atoms with van der Waals surface area (Å²) >= 11 is 0. The van der Waals surface area contributed by atoms with E-state index in [1.807, 2.05) is 32.2 Å². The lowest BCUT2D eigenvalue weighted by atomic mass is 10.0. The molecule has 17 heavy (non-hydrogen) atoms. The maximum atomic E-state index is 4.59. The van der Waals surface area contributed by atoms with Gasteiger partial charge in [0.05, 0.1) is 17.1 Å². The van der Waals surface area contributed by atoms with E-state index in [4.69, 9.17) is 0 Å². The van der Waals surface area contributed by atoms with Crippen LogP contribution in [-0.4, -0.2) is 9.97 Å². The third-order valence-corrected chi connectivity index (χ3v) is 2.77. The van der Waals surface area contributed by atoms with Crippen LogP contribution >= 0.6 is 0 Å². The van der Waals surface area contributed by atoms with Gasteiger partial charge in [-0.1, -0.05) is 32.8 Å². The molecule has 0 bridgehead atoms. The highest BCUT2D eigenvalue weighted by Crippen LogP contribution is 2.13. The summed E-state index contributed by atoms with van der Waals surface area (Å²) in [5, 5.41) is 0. The predicted octanol–water partition coefficient (Wildman–Crippen LogP) is 4.19.